The number of likely N-dealkylation sites (N-methyl/N-ethyl adjacent to an activating group) is 1. The van der Waals surface area contributed by atoms with Crippen molar-refractivity contribution < 1.29 is 4.79 Å². The molecule has 0 radical (unpaired) electrons. The molecule has 2 aromatic rings. The SMILES string of the molecule is CCN1CCc2nc3ccc(C(C)C)cc3c(C=O)c2C1. The molecule has 0 unspecified atom stereocenters. The predicted molar refractivity (Wildman–Crippen MR) is 85.9 cm³/mol. The molecule has 0 saturated carbocycles. The molecule has 1 aromatic heterocycles. The van der Waals surface area contributed by atoms with Gasteiger partial charge in [0.2, 0.25) is 0 Å². The fraction of sp³-hybridized carbons (Fsp3) is 0.444. The third-order valence-corrected chi connectivity index (χ3v) is 4.52. The van der Waals surface area contributed by atoms with Gasteiger partial charge < -0.3 is 0 Å². The van der Waals surface area contributed by atoms with Crippen molar-refractivity contribution in [3.63, 3.8) is 0 Å². The third kappa shape index (κ3) is 2.46. The molecule has 1 aromatic carbocycles. The summed E-state index contributed by atoms with van der Waals surface area (Å²) in [4.78, 5) is 18.9. The number of carbonyl (C=O) groups is 1. The lowest BCUT2D eigenvalue weighted by Crippen LogP contribution is -2.31. The van der Waals surface area contributed by atoms with Gasteiger partial charge >= 0.3 is 0 Å². The number of aldehydes is 1. The molecule has 0 N–H and O–H groups in total. The smallest absolute Gasteiger partial charge is 0.151 e. The van der Waals surface area contributed by atoms with E-state index in [1.54, 1.807) is 0 Å². The Kier molecular flexibility index (Phi) is 3.77. The summed E-state index contributed by atoms with van der Waals surface area (Å²) in [6.45, 7) is 9.40. The highest BCUT2D eigenvalue weighted by molar-refractivity contribution is 5.98. The van der Waals surface area contributed by atoms with Crippen LogP contribution >= 0.6 is 0 Å². The van der Waals surface area contributed by atoms with Gasteiger partial charge in [0.15, 0.2) is 6.29 Å². The average molecular weight is 282 g/mol. The van der Waals surface area contributed by atoms with E-state index in [-0.39, 0.29) is 0 Å². The molecule has 0 spiro atoms. The van der Waals surface area contributed by atoms with E-state index >= 15 is 0 Å². The Morgan fingerprint density at radius 3 is 2.86 bits per heavy atom. The molecule has 2 heterocycles. The number of benzene rings is 1. The van der Waals surface area contributed by atoms with Gasteiger partial charge in [-0.2, -0.15) is 0 Å². The number of pyridine rings is 1. The third-order valence-electron chi connectivity index (χ3n) is 4.52. The highest BCUT2D eigenvalue weighted by Gasteiger charge is 2.21. The van der Waals surface area contributed by atoms with Crippen molar-refractivity contribution in [2.75, 3.05) is 13.1 Å². The van der Waals surface area contributed by atoms with Crippen LogP contribution in [0, 0.1) is 0 Å². The fourth-order valence-electron chi connectivity index (χ4n) is 3.11. The maximum Gasteiger partial charge on any atom is 0.151 e. The molecule has 0 saturated heterocycles. The van der Waals surface area contributed by atoms with Crippen LogP contribution in [-0.2, 0) is 13.0 Å². The van der Waals surface area contributed by atoms with Gasteiger partial charge in [0.25, 0.3) is 0 Å². The molecule has 3 heteroatoms. The summed E-state index contributed by atoms with van der Waals surface area (Å²) in [6, 6.07) is 6.33. The molecule has 110 valence electrons. The maximum atomic E-state index is 11.7. The lowest BCUT2D eigenvalue weighted by Gasteiger charge is -2.28. The minimum atomic E-state index is 0.456. The van der Waals surface area contributed by atoms with E-state index in [4.69, 9.17) is 4.98 Å². The van der Waals surface area contributed by atoms with Gasteiger partial charge in [0, 0.05) is 36.2 Å². The lowest BCUT2D eigenvalue weighted by atomic mass is 9.93. The van der Waals surface area contributed by atoms with E-state index in [0.717, 1.165) is 60.1 Å². The van der Waals surface area contributed by atoms with Crippen molar-refractivity contribution >= 4 is 17.2 Å². The molecule has 0 amide bonds. The van der Waals surface area contributed by atoms with Gasteiger partial charge in [-0.25, -0.2) is 0 Å². The highest BCUT2D eigenvalue weighted by Crippen LogP contribution is 2.29. The van der Waals surface area contributed by atoms with Crippen LogP contribution in [0.1, 0.15) is 53.9 Å². The zero-order chi connectivity index (χ0) is 15.0. The van der Waals surface area contributed by atoms with Crippen LogP contribution in [0.15, 0.2) is 18.2 Å². The zero-order valence-corrected chi connectivity index (χ0v) is 13.0. The van der Waals surface area contributed by atoms with Crippen LogP contribution in [0.5, 0.6) is 0 Å². The number of hydrogen-bond donors (Lipinski definition) is 0. The van der Waals surface area contributed by atoms with Crippen molar-refractivity contribution in [1.29, 1.82) is 0 Å². The summed E-state index contributed by atoms with van der Waals surface area (Å²) in [5.74, 6) is 0.456. The molecular weight excluding hydrogens is 260 g/mol. The molecule has 0 atom stereocenters. The van der Waals surface area contributed by atoms with E-state index in [0.29, 0.717) is 5.92 Å². The second-order valence-electron chi connectivity index (χ2n) is 6.12. The first-order chi connectivity index (χ1) is 10.1. The number of hydrogen-bond acceptors (Lipinski definition) is 3. The first kappa shape index (κ1) is 14.2. The van der Waals surface area contributed by atoms with Crippen molar-refractivity contribution in [2.45, 2.75) is 39.7 Å². The summed E-state index contributed by atoms with van der Waals surface area (Å²) in [5.41, 5.74) is 5.29. The Hall–Kier alpha value is -1.74. The second kappa shape index (κ2) is 5.57. The minimum Gasteiger partial charge on any atom is -0.299 e. The number of nitrogens with zero attached hydrogens (tertiary/aromatic N) is 2. The van der Waals surface area contributed by atoms with E-state index in [1.807, 2.05) is 0 Å². The largest absolute Gasteiger partial charge is 0.299 e. The van der Waals surface area contributed by atoms with Gasteiger partial charge in [0.1, 0.15) is 0 Å². The average Bonchev–Trinajstić information content (AvgIpc) is 2.51. The Balaban J connectivity index is 2.22. The fourth-order valence-corrected chi connectivity index (χ4v) is 3.11. The van der Waals surface area contributed by atoms with Crippen LogP contribution in [0.2, 0.25) is 0 Å². The van der Waals surface area contributed by atoms with E-state index in [9.17, 15) is 4.79 Å². The van der Waals surface area contributed by atoms with Crippen LogP contribution in [0.4, 0.5) is 0 Å². The first-order valence-electron chi connectivity index (χ1n) is 7.77. The molecule has 0 fully saturated rings. The summed E-state index contributed by atoms with van der Waals surface area (Å²) in [6.07, 6.45) is 1.96. The molecule has 3 nitrogen and oxygen atoms in total. The van der Waals surface area contributed by atoms with Crippen molar-refractivity contribution in [3.05, 3.63) is 40.6 Å². The quantitative estimate of drug-likeness (QED) is 0.807. The molecule has 0 bridgehead atoms. The van der Waals surface area contributed by atoms with Crippen LogP contribution in [0.3, 0.4) is 0 Å². The van der Waals surface area contributed by atoms with Gasteiger partial charge in [-0.05, 0) is 35.7 Å². The van der Waals surface area contributed by atoms with Crippen molar-refractivity contribution in [1.82, 2.24) is 9.88 Å². The van der Waals surface area contributed by atoms with Gasteiger partial charge in [-0.3, -0.25) is 14.7 Å². The van der Waals surface area contributed by atoms with E-state index < -0.39 is 0 Å². The van der Waals surface area contributed by atoms with Crippen LogP contribution in [0.25, 0.3) is 10.9 Å². The zero-order valence-electron chi connectivity index (χ0n) is 13.0. The summed E-state index contributed by atoms with van der Waals surface area (Å²) in [7, 11) is 0. The molecule has 1 aliphatic heterocycles. The summed E-state index contributed by atoms with van der Waals surface area (Å²) < 4.78 is 0. The highest BCUT2D eigenvalue weighted by atomic mass is 16.1. The van der Waals surface area contributed by atoms with Crippen molar-refractivity contribution in [2.24, 2.45) is 0 Å². The Morgan fingerprint density at radius 2 is 2.19 bits per heavy atom. The molecule has 1 aliphatic rings. The topological polar surface area (TPSA) is 33.2 Å². The number of rotatable bonds is 3. The normalized spacial score (nSPS) is 15.4. The minimum absolute atomic E-state index is 0.456. The van der Waals surface area contributed by atoms with Gasteiger partial charge in [-0.15, -0.1) is 0 Å². The maximum absolute atomic E-state index is 11.7. The summed E-state index contributed by atoms with van der Waals surface area (Å²) >= 11 is 0. The van der Waals surface area contributed by atoms with E-state index in [1.165, 1.54) is 5.56 Å². The first-order valence-corrected chi connectivity index (χ1v) is 7.77. The molecular formula is C18H22N2O. The Bertz CT molecular complexity index is 691. The number of aromatic nitrogens is 1. The monoisotopic (exact) mass is 282 g/mol. The van der Waals surface area contributed by atoms with E-state index in [2.05, 4.69) is 43.9 Å². The number of carbonyl (C=O) groups excluding carboxylic acids is 1. The second-order valence-corrected chi connectivity index (χ2v) is 6.12. The standard InChI is InChI=1S/C18H22N2O/c1-4-20-8-7-18-15(10-20)16(11-21)14-9-13(12(2)3)5-6-17(14)19-18/h5-6,9,11-12H,4,7-8,10H2,1-3H3. The van der Waals surface area contributed by atoms with Crippen LogP contribution < -0.4 is 0 Å². The summed E-state index contributed by atoms with van der Waals surface area (Å²) in [5, 5.41) is 1.01. The Morgan fingerprint density at radius 1 is 1.38 bits per heavy atom. The molecule has 21 heavy (non-hydrogen) atoms. The number of fused-ring (bicyclic) bond motifs is 2. The lowest BCUT2D eigenvalue weighted by molar-refractivity contribution is 0.112. The molecule has 3 rings (SSSR count). The van der Waals surface area contributed by atoms with Gasteiger partial charge in [-0.1, -0.05) is 26.8 Å². The molecule has 0 aliphatic carbocycles. The van der Waals surface area contributed by atoms with Crippen LogP contribution in [-0.4, -0.2) is 29.3 Å². The van der Waals surface area contributed by atoms with Gasteiger partial charge in [0.05, 0.1) is 5.52 Å². The Labute approximate surface area is 126 Å². The predicted octanol–water partition coefficient (Wildman–Crippen LogP) is 3.55. The van der Waals surface area contributed by atoms with Crippen molar-refractivity contribution in [3.8, 4) is 0 Å².